The van der Waals surface area contributed by atoms with Gasteiger partial charge in [-0.2, -0.15) is 17.0 Å². The van der Waals surface area contributed by atoms with Gasteiger partial charge in [-0.3, -0.25) is 4.79 Å². The van der Waals surface area contributed by atoms with E-state index in [1.165, 1.54) is 14.2 Å². The number of aryl methyl sites for hydroxylation is 2. The Morgan fingerprint density at radius 1 is 1.03 bits per heavy atom. The van der Waals surface area contributed by atoms with Crippen LogP contribution in [0.3, 0.4) is 0 Å². The van der Waals surface area contributed by atoms with E-state index >= 15 is 0 Å². The molecule has 2 unspecified atom stereocenters. The molecular formula is C21H33N3O5S. The average Bonchev–Trinajstić information content (AvgIpc) is 2.70. The lowest BCUT2D eigenvalue weighted by atomic mass is 10.1. The number of carbonyl (C=O) groups excluding carboxylic acids is 1. The van der Waals surface area contributed by atoms with Crippen molar-refractivity contribution in [3.8, 4) is 5.75 Å². The molecule has 3 rings (SSSR count). The van der Waals surface area contributed by atoms with Crippen LogP contribution in [0.1, 0.15) is 31.4 Å². The molecule has 0 saturated carbocycles. The van der Waals surface area contributed by atoms with Gasteiger partial charge < -0.3 is 14.4 Å². The van der Waals surface area contributed by atoms with Gasteiger partial charge in [-0.05, 0) is 51.0 Å². The van der Waals surface area contributed by atoms with Gasteiger partial charge in [0.15, 0.2) is 0 Å². The number of ether oxygens (including phenoxy) is 2. The number of morpholine rings is 1. The summed E-state index contributed by atoms with van der Waals surface area (Å²) in [5, 5.41) is 0. The molecule has 9 heteroatoms. The lowest BCUT2D eigenvalue weighted by Gasteiger charge is -2.40. The van der Waals surface area contributed by atoms with Crippen LogP contribution in [-0.2, 0) is 19.7 Å². The van der Waals surface area contributed by atoms with E-state index in [9.17, 15) is 13.2 Å². The van der Waals surface area contributed by atoms with Crippen LogP contribution in [0.15, 0.2) is 18.2 Å². The number of carbonyl (C=O) groups is 1. The highest BCUT2D eigenvalue weighted by Gasteiger charge is 2.37. The fraction of sp³-hybridized carbons (Fsp3) is 0.667. The van der Waals surface area contributed by atoms with Crippen LogP contribution >= 0.6 is 0 Å². The van der Waals surface area contributed by atoms with E-state index in [4.69, 9.17) is 9.47 Å². The van der Waals surface area contributed by atoms with Crippen molar-refractivity contribution in [2.24, 2.45) is 0 Å². The van der Waals surface area contributed by atoms with E-state index in [0.717, 1.165) is 11.3 Å². The van der Waals surface area contributed by atoms with E-state index in [-0.39, 0.29) is 24.5 Å². The molecule has 1 amide bonds. The van der Waals surface area contributed by atoms with Crippen molar-refractivity contribution in [3.05, 3.63) is 29.3 Å². The zero-order valence-electron chi connectivity index (χ0n) is 18.3. The first kappa shape index (κ1) is 23.0. The maximum absolute atomic E-state index is 13.0. The number of amides is 1. The molecule has 1 aromatic carbocycles. The summed E-state index contributed by atoms with van der Waals surface area (Å²) in [5.41, 5.74) is 2.35. The molecule has 2 aliphatic heterocycles. The Labute approximate surface area is 179 Å². The summed E-state index contributed by atoms with van der Waals surface area (Å²) in [6, 6.07) is 5.88. The molecule has 2 atom stereocenters. The Bertz CT molecular complexity index is 842. The quantitative estimate of drug-likeness (QED) is 0.672. The predicted molar refractivity (Wildman–Crippen MR) is 115 cm³/mol. The Kier molecular flexibility index (Phi) is 7.38. The summed E-state index contributed by atoms with van der Waals surface area (Å²) in [6.07, 6.45) is 0.0328. The first-order chi connectivity index (χ1) is 14.2. The number of piperazine rings is 1. The highest BCUT2D eigenvalue weighted by atomic mass is 32.2. The van der Waals surface area contributed by atoms with Gasteiger partial charge in [-0.15, -0.1) is 0 Å². The second kappa shape index (κ2) is 9.64. The lowest BCUT2D eigenvalue weighted by Crippen LogP contribution is -2.57. The fourth-order valence-corrected chi connectivity index (χ4v) is 5.62. The SMILES string of the molecule is Cc1ccc(OCCC(=O)N2CCN(S(=O)(=O)N3CC(C)OC(C)C3)CC2)cc1C. The lowest BCUT2D eigenvalue weighted by molar-refractivity contribution is -0.132. The largest absolute Gasteiger partial charge is 0.493 e. The fourth-order valence-electron chi connectivity index (χ4n) is 3.87. The number of nitrogens with zero attached hydrogens (tertiary/aromatic N) is 3. The standard InChI is InChI=1S/C21H33N3O5S/c1-16-5-6-20(13-17(16)2)28-12-7-21(25)22-8-10-23(11-9-22)30(26,27)24-14-18(3)29-19(4)15-24/h5-6,13,18-19H,7-12,14-15H2,1-4H3. The molecule has 1 aromatic rings. The summed E-state index contributed by atoms with van der Waals surface area (Å²) in [7, 11) is -3.54. The summed E-state index contributed by atoms with van der Waals surface area (Å²) in [6.45, 7) is 10.3. The molecule has 2 heterocycles. The number of hydrogen-bond donors (Lipinski definition) is 0. The molecule has 30 heavy (non-hydrogen) atoms. The van der Waals surface area contributed by atoms with Crippen LogP contribution in [-0.4, -0.2) is 85.9 Å². The third-order valence-electron chi connectivity index (χ3n) is 5.69. The average molecular weight is 440 g/mol. The van der Waals surface area contributed by atoms with E-state index in [1.54, 1.807) is 4.90 Å². The number of benzene rings is 1. The Hall–Kier alpha value is -1.68. The third kappa shape index (κ3) is 5.51. The minimum Gasteiger partial charge on any atom is -0.493 e. The van der Waals surface area contributed by atoms with Gasteiger partial charge in [0.05, 0.1) is 25.2 Å². The van der Waals surface area contributed by atoms with Crippen LogP contribution in [0, 0.1) is 13.8 Å². The molecule has 0 aromatic heterocycles. The molecule has 2 saturated heterocycles. The highest BCUT2D eigenvalue weighted by Crippen LogP contribution is 2.20. The van der Waals surface area contributed by atoms with Crippen LogP contribution in [0.5, 0.6) is 5.75 Å². The van der Waals surface area contributed by atoms with Gasteiger partial charge in [-0.25, -0.2) is 0 Å². The molecule has 0 N–H and O–H groups in total. The molecular weight excluding hydrogens is 406 g/mol. The van der Waals surface area contributed by atoms with Crippen LogP contribution < -0.4 is 4.74 Å². The van der Waals surface area contributed by atoms with E-state index < -0.39 is 10.2 Å². The first-order valence-electron chi connectivity index (χ1n) is 10.6. The zero-order valence-corrected chi connectivity index (χ0v) is 19.2. The molecule has 0 bridgehead atoms. The summed E-state index contributed by atoms with van der Waals surface area (Å²) in [4.78, 5) is 14.2. The van der Waals surface area contributed by atoms with Crippen molar-refractivity contribution in [2.45, 2.75) is 46.3 Å². The molecule has 8 nitrogen and oxygen atoms in total. The second-order valence-electron chi connectivity index (χ2n) is 8.21. The predicted octanol–water partition coefficient (Wildman–Crippen LogP) is 1.57. The smallest absolute Gasteiger partial charge is 0.282 e. The molecule has 0 spiro atoms. The molecule has 168 valence electrons. The topological polar surface area (TPSA) is 79.4 Å². The second-order valence-corrected chi connectivity index (χ2v) is 10.1. The van der Waals surface area contributed by atoms with Crippen molar-refractivity contribution in [3.63, 3.8) is 0 Å². The van der Waals surface area contributed by atoms with Crippen LogP contribution in [0.4, 0.5) is 0 Å². The van der Waals surface area contributed by atoms with Crippen molar-refractivity contribution in [2.75, 3.05) is 45.9 Å². The van der Waals surface area contributed by atoms with Gasteiger partial charge in [-0.1, -0.05) is 6.07 Å². The van der Waals surface area contributed by atoms with Gasteiger partial charge in [0.2, 0.25) is 5.91 Å². The van der Waals surface area contributed by atoms with Crippen molar-refractivity contribution in [1.82, 2.24) is 13.5 Å². The number of hydrogen-bond acceptors (Lipinski definition) is 5. The van der Waals surface area contributed by atoms with Gasteiger partial charge >= 0.3 is 0 Å². The summed E-state index contributed by atoms with van der Waals surface area (Å²) < 4.78 is 40.2. The first-order valence-corrected chi connectivity index (χ1v) is 11.9. The van der Waals surface area contributed by atoms with Crippen molar-refractivity contribution in [1.29, 1.82) is 0 Å². The molecule has 0 aliphatic carbocycles. The van der Waals surface area contributed by atoms with Crippen molar-refractivity contribution < 1.29 is 22.7 Å². The van der Waals surface area contributed by atoms with Gasteiger partial charge in [0.25, 0.3) is 10.2 Å². The molecule has 0 radical (unpaired) electrons. The van der Waals surface area contributed by atoms with Crippen molar-refractivity contribution >= 4 is 16.1 Å². The normalized spacial score (nSPS) is 24.1. The monoisotopic (exact) mass is 439 g/mol. The van der Waals surface area contributed by atoms with Crippen LogP contribution in [0.25, 0.3) is 0 Å². The van der Waals surface area contributed by atoms with E-state index in [0.29, 0.717) is 45.9 Å². The molecule has 2 aliphatic rings. The summed E-state index contributed by atoms with van der Waals surface area (Å²) in [5.74, 6) is 0.750. The minimum atomic E-state index is -3.54. The Morgan fingerprint density at radius 3 is 2.27 bits per heavy atom. The van der Waals surface area contributed by atoms with Gasteiger partial charge in [0.1, 0.15) is 5.75 Å². The minimum absolute atomic E-state index is 0.00972. The van der Waals surface area contributed by atoms with Crippen LogP contribution in [0.2, 0.25) is 0 Å². The molecule has 2 fully saturated rings. The summed E-state index contributed by atoms with van der Waals surface area (Å²) >= 11 is 0. The van der Waals surface area contributed by atoms with E-state index in [2.05, 4.69) is 0 Å². The highest BCUT2D eigenvalue weighted by molar-refractivity contribution is 7.86. The number of rotatable bonds is 6. The Balaban J connectivity index is 1.46. The zero-order chi connectivity index (χ0) is 21.9. The van der Waals surface area contributed by atoms with Gasteiger partial charge in [0, 0.05) is 39.3 Å². The maximum Gasteiger partial charge on any atom is 0.282 e. The third-order valence-corrected chi connectivity index (χ3v) is 7.66. The Morgan fingerprint density at radius 2 is 1.67 bits per heavy atom. The van der Waals surface area contributed by atoms with E-state index in [1.807, 2.05) is 45.9 Å². The maximum atomic E-state index is 13.0.